The standard InChI is InChI=1S/C22H22N2O5/c1-22(2)21(27)23-17-6-4-5-7-18(17)24(22)19(25)14-29-20(26)13-10-15-8-11-16(28-3)12-9-15/h4-13H,14H2,1-3H3,(H,23,27)/b13-10+. The Bertz CT molecular complexity index is 963. The van der Waals surface area contributed by atoms with Gasteiger partial charge in [0.2, 0.25) is 5.91 Å². The van der Waals surface area contributed by atoms with Gasteiger partial charge in [-0.3, -0.25) is 14.5 Å². The average molecular weight is 394 g/mol. The van der Waals surface area contributed by atoms with Gasteiger partial charge in [0.1, 0.15) is 11.3 Å². The summed E-state index contributed by atoms with van der Waals surface area (Å²) in [5, 5.41) is 2.79. The van der Waals surface area contributed by atoms with Gasteiger partial charge in [-0.05, 0) is 49.8 Å². The normalized spacial score (nSPS) is 14.9. The zero-order valence-electron chi connectivity index (χ0n) is 16.5. The van der Waals surface area contributed by atoms with Crippen molar-refractivity contribution in [1.82, 2.24) is 0 Å². The molecule has 0 bridgehead atoms. The molecule has 0 aliphatic carbocycles. The summed E-state index contributed by atoms with van der Waals surface area (Å²) in [7, 11) is 1.57. The van der Waals surface area contributed by atoms with Crippen molar-refractivity contribution in [3.63, 3.8) is 0 Å². The van der Waals surface area contributed by atoms with Crippen molar-refractivity contribution >= 4 is 35.2 Å². The summed E-state index contributed by atoms with van der Waals surface area (Å²) in [5.74, 6) is -0.732. The second-order valence-electron chi connectivity index (χ2n) is 6.97. The lowest BCUT2D eigenvalue weighted by Gasteiger charge is -2.41. The highest BCUT2D eigenvalue weighted by molar-refractivity contribution is 6.14. The minimum atomic E-state index is -1.11. The molecule has 0 saturated carbocycles. The van der Waals surface area contributed by atoms with Crippen LogP contribution in [0.25, 0.3) is 6.08 Å². The Morgan fingerprint density at radius 2 is 1.79 bits per heavy atom. The summed E-state index contributed by atoms with van der Waals surface area (Å²) in [4.78, 5) is 38.6. The van der Waals surface area contributed by atoms with Gasteiger partial charge in [0.25, 0.3) is 5.91 Å². The van der Waals surface area contributed by atoms with Gasteiger partial charge >= 0.3 is 5.97 Å². The molecule has 2 amide bonds. The molecule has 29 heavy (non-hydrogen) atoms. The fourth-order valence-corrected chi connectivity index (χ4v) is 3.02. The number of nitrogens with one attached hydrogen (secondary N) is 1. The SMILES string of the molecule is COc1ccc(/C=C/C(=O)OCC(=O)N2c3ccccc3NC(=O)C2(C)C)cc1. The predicted octanol–water partition coefficient (Wildman–Crippen LogP) is 3.02. The van der Waals surface area contributed by atoms with Crippen molar-refractivity contribution in [2.75, 3.05) is 23.9 Å². The molecule has 150 valence electrons. The smallest absolute Gasteiger partial charge is 0.331 e. The minimum Gasteiger partial charge on any atom is -0.497 e. The van der Waals surface area contributed by atoms with E-state index in [0.717, 1.165) is 5.56 Å². The Morgan fingerprint density at radius 1 is 1.10 bits per heavy atom. The van der Waals surface area contributed by atoms with Crippen molar-refractivity contribution in [2.24, 2.45) is 0 Å². The summed E-state index contributed by atoms with van der Waals surface area (Å²) in [5.41, 5.74) is 0.774. The summed E-state index contributed by atoms with van der Waals surface area (Å²) >= 11 is 0. The number of carbonyl (C=O) groups is 3. The lowest BCUT2D eigenvalue weighted by molar-refractivity contribution is -0.143. The maximum Gasteiger partial charge on any atom is 0.331 e. The van der Waals surface area contributed by atoms with Crippen molar-refractivity contribution in [3.8, 4) is 5.75 Å². The van der Waals surface area contributed by atoms with E-state index < -0.39 is 24.0 Å². The van der Waals surface area contributed by atoms with Gasteiger partial charge in [-0.15, -0.1) is 0 Å². The van der Waals surface area contributed by atoms with Crippen LogP contribution in [0, 0.1) is 0 Å². The molecule has 0 unspecified atom stereocenters. The number of nitrogens with zero attached hydrogens (tertiary/aromatic N) is 1. The van der Waals surface area contributed by atoms with Gasteiger partial charge in [-0.2, -0.15) is 0 Å². The van der Waals surface area contributed by atoms with Gasteiger partial charge in [0, 0.05) is 6.08 Å². The zero-order chi connectivity index (χ0) is 21.0. The Hall–Kier alpha value is -3.61. The van der Waals surface area contributed by atoms with Crippen LogP contribution >= 0.6 is 0 Å². The van der Waals surface area contributed by atoms with Crippen LogP contribution in [0.2, 0.25) is 0 Å². The van der Waals surface area contributed by atoms with Gasteiger partial charge < -0.3 is 14.8 Å². The molecule has 1 N–H and O–H groups in total. The van der Waals surface area contributed by atoms with Gasteiger partial charge in [0.15, 0.2) is 6.61 Å². The molecule has 0 aromatic heterocycles. The van der Waals surface area contributed by atoms with E-state index in [0.29, 0.717) is 17.1 Å². The molecule has 0 radical (unpaired) electrons. The zero-order valence-corrected chi connectivity index (χ0v) is 16.5. The summed E-state index contributed by atoms with van der Waals surface area (Å²) in [6.07, 6.45) is 2.83. The highest BCUT2D eigenvalue weighted by Gasteiger charge is 2.43. The number of anilines is 2. The van der Waals surface area contributed by atoms with E-state index in [-0.39, 0.29) is 5.91 Å². The lowest BCUT2D eigenvalue weighted by atomic mass is 9.96. The molecule has 1 aliphatic heterocycles. The second-order valence-corrected chi connectivity index (χ2v) is 6.97. The van der Waals surface area contributed by atoms with Crippen molar-refractivity contribution in [3.05, 3.63) is 60.2 Å². The van der Waals surface area contributed by atoms with Crippen molar-refractivity contribution in [1.29, 1.82) is 0 Å². The third kappa shape index (κ3) is 4.29. The number of esters is 1. The molecule has 3 rings (SSSR count). The lowest BCUT2D eigenvalue weighted by Crippen LogP contribution is -2.59. The van der Waals surface area contributed by atoms with E-state index in [1.54, 1.807) is 75.6 Å². The number of para-hydroxylation sites is 2. The second kappa shape index (κ2) is 8.18. The van der Waals surface area contributed by atoms with Crippen LogP contribution in [0.4, 0.5) is 11.4 Å². The topological polar surface area (TPSA) is 84.9 Å². The first kappa shape index (κ1) is 20.1. The number of benzene rings is 2. The number of methoxy groups -OCH3 is 1. The van der Waals surface area contributed by atoms with Crippen molar-refractivity contribution < 1.29 is 23.9 Å². The Kier molecular flexibility index (Phi) is 5.68. The fourth-order valence-electron chi connectivity index (χ4n) is 3.02. The Labute approximate surface area is 168 Å². The molecule has 0 saturated heterocycles. The number of ether oxygens (including phenoxy) is 2. The molecule has 2 aromatic carbocycles. The predicted molar refractivity (Wildman–Crippen MR) is 110 cm³/mol. The summed E-state index contributed by atoms with van der Waals surface area (Å²) in [6.45, 7) is 2.81. The van der Waals surface area contributed by atoms with E-state index >= 15 is 0 Å². The average Bonchev–Trinajstić information content (AvgIpc) is 2.71. The first-order valence-corrected chi connectivity index (χ1v) is 9.05. The fraction of sp³-hybridized carbons (Fsp3) is 0.227. The molecule has 1 heterocycles. The van der Waals surface area contributed by atoms with Crippen LogP contribution in [0.1, 0.15) is 19.4 Å². The number of fused-ring (bicyclic) bond motifs is 1. The third-order valence-corrected chi connectivity index (χ3v) is 4.62. The van der Waals surface area contributed by atoms with Crippen molar-refractivity contribution in [2.45, 2.75) is 19.4 Å². The largest absolute Gasteiger partial charge is 0.497 e. The number of hydrogen-bond donors (Lipinski definition) is 1. The van der Waals surface area contributed by atoms with Crippen LogP contribution in [0.3, 0.4) is 0 Å². The molecule has 7 nitrogen and oxygen atoms in total. The van der Waals surface area contributed by atoms with Gasteiger partial charge in [-0.25, -0.2) is 4.79 Å². The summed E-state index contributed by atoms with van der Waals surface area (Å²) in [6, 6.07) is 14.1. The number of carbonyl (C=O) groups excluding carboxylic acids is 3. The van der Waals surface area contributed by atoms with Gasteiger partial charge in [-0.1, -0.05) is 24.3 Å². The number of hydrogen-bond acceptors (Lipinski definition) is 5. The van der Waals surface area contributed by atoms with Crippen LogP contribution in [-0.4, -0.2) is 37.0 Å². The van der Waals surface area contributed by atoms with Crippen LogP contribution in [0.5, 0.6) is 5.75 Å². The first-order chi connectivity index (χ1) is 13.8. The van der Waals surface area contributed by atoms with E-state index in [1.807, 2.05) is 0 Å². The molecule has 0 atom stereocenters. The molecule has 1 aliphatic rings. The maximum absolute atomic E-state index is 12.8. The minimum absolute atomic E-state index is 0.310. The highest BCUT2D eigenvalue weighted by Crippen LogP contribution is 2.36. The molecule has 2 aromatic rings. The van der Waals surface area contributed by atoms with E-state index in [2.05, 4.69) is 5.32 Å². The summed E-state index contributed by atoms with van der Waals surface area (Å²) < 4.78 is 10.2. The van der Waals surface area contributed by atoms with Gasteiger partial charge in [0.05, 0.1) is 18.5 Å². The monoisotopic (exact) mass is 394 g/mol. The van der Waals surface area contributed by atoms with Crippen LogP contribution < -0.4 is 15.0 Å². The van der Waals surface area contributed by atoms with E-state index in [4.69, 9.17) is 9.47 Å². The molecule has 7 heteroatoms. The molecular formula is C22H22N2O5. The van der Waals surface area contributed by atoms with Crippen LogP contribution in [0.15, 0.2) is 54.6 Å². The van der Waals surface area contributed by atoms with E-state index in [9.17, 15) is 14.4 Å². The first-order valence-electron chi connectivity index (χ1n) is 9.05. The molecular weight excluding hydrogens is 372 g/mol. The maximum atomic E-state index is 12.8. The molecule has 0 fully saturated rings. The number of amides is 2. The van der Waals surface area contributed by atoms with Crippen LogP contribution in [-0.2, 0) is 19.1 Å². The molecule has 0 spiro atoms. The quantitative estimate of drug-likeness (QED) is 0.622. The number of rotatable bonds is 5. The van der Waals surface area contributed by atoms with E-state index in [1.165, 1.54) is 11.0 Å². The third-order valence-electron chi connectivity index (χ3n) is 4.62. The Morgan fingerprint density at radius 3 is 2.48 bits per heavy atom. The highest BCUT2D eigenvalue weighted by atomic mass is 16.5. The Balaban J connectivity index is 1.67.